The first-order chi connectivity index (χ1) is 11.0. The summed E-state index contributed by atoms with van der Waals surface area (Å²) in [5, 5.41) is 23.9. The number of benzene rings is 2. The van der Waals surface area contributed by atoms with E-state index in [-0.39, 0.29) is 22.5 Å². The second-order valence-corrected chi connectivity index (χ2v) is 4.96. The number of hydrogen-bond donors (Lipinski definition) is 2. The maximum absolute atomic E-state index is 10.9. The van der Waals surface area contributed by atoms with Crippen LogP contribution in [0.1, 0.15) is 28.5 Å². The molecule has 23 heavy (non-hydrogen) atoms. The van der Waals surface area contributed by atoms with Crippen molar-refractivity contribution in [3.8, 4) is 0 Å². The second kappa shape index (κ2) is 6.89. The molecule has 0 aliphatic rings. The number of nitrogens with one attached hydrogen (secondary N) is 1. The monoisotopic (exact) mass is 313 g/mol. The van der Waals surface area contributed by atoms with E-state index in [4.69, 9.17) is 10.1 Å². The van der Waals surface area contributed by atoms with Crippen molar-refractivity contribution in [3.05, 3.63) is 68.5 Å². The van der Waals surface area contributed by atoms with Crippen LogP contribution < -0.4 is 0 Å². The summed E-state index contributed by atoms with van der Waals surface area (Å²) in [6.45, 7) is 3.38. The van der Waals surface area contributed by atoms with Gasteiger partial charge in [-0.05, 0) is 47.5 Å². The van der Waals surface area contributed by atoms with Gasteiger partial charge in [0.1, 0.15) is 11.4 Å². The Balaban J connectivity index is 2.35. The maximum Gasteiger partial charge on any atom is 0.228 e. The smallest absolute Gasteiger partial charge is 0.228 e. The first-order valence-corrected chi connectivity index (χ1v) is 6.79. The summed E-state index contributed by atoms with van der Waals surface area (Å²) >= 11 is 0. The fourth-order valence-electron chi connectivity index (χ4n) is 2.32. The molecule has 0 aliphatic heterocycles. The Bertz CT molecular complexity index is 774. The molecule has 0 fully saturated rings. The molecule has 0 amide bonds. The van der Waals surface area contributed by atoms with Crippen molar-refractivity contribution in [1.82, 2.24) is 0 Å². The summed E-state index contributed by atoms with van der Waals surface area (Å²) in [5.41, 5.74) is 1.65. The molecule has 0 heterocycles. The van der Waals surface area contributed by atoms with Gasteiger partial charge in [0.25, 0.3) is 0 Å². The van der Waals surface area contributed by atoms with Crippen LogP contribution in [0, 0.1) is 29.1 Å². The summed E-state index contributed by atoms with van der Waals surface area (Å²) in [6.07, 6.45) is -1.56. The molecule has 2 aromatic carbocycles. The zero-order chi connectivity index (χ0) is 17.0. The number of aliphatic hydroxyl groups is 1. The van der Waals surface area contributed by atoms with E-state index in [0.29, 0.717) is 11.1 Å². The van der Waals surface area contributed by atoms with Crippen LogP contribution in [0.2, 0.25) is 0 Å². The fourth-order valence-corrected chi connectivity index (χ4v) is 2.32. The van der Waals surface area contributed by atoms with E-state index in [2.05, 4.69) is 10.4 Å². The number of ether oxygens (including phenoxy) is 1. The van der Waals surface area contributed by atoms with Crippen LogP contribution >= 0.6 is 0 Å². The largest absolute Gasteiger partial charge is 0.443 e. The van der Waals surface area contributed by atoms with Crippen molar-refractivity contribution in [2.75, 3.05) is 0 Å². The van der Waals surface area contributed by atoms with Gasteiger partial charge < -0.3 is 9.84 Å². The molecule has 0 bridgehead atoms. The van der Waals surface area contributed by atoms with Gasteiger partial charge >= 0.3 is 0 Å². The molecule has 1 unspecified atom stereocenters. The molecule has 2 N–H and O–H groups in total. The Morgan fingerprint density at radius 3 is 2.22 bits per heavy atom. The lowest BCUT2D eigenvalue weighted by Gasteiger charge is -2.18. The highest BCUT2D eigenvalue weighted by molar-refractivity contribution is 5.98. The van der Waals surface area contributed by atoms with Gasteiger partial charge in [-0.2, -0.15) is 0 Å². The first kappa shape index (κ1) is 16.4. The standard InChI is InChI=1S/C16H15N3O4/c1-9-5-3-7-11(18-21)13(9)15(17)23-16(20)14-10(2)6-4-8-12(14)19-22/h3-8,16-17,20H,1-2H3. The number of nitrogens with zero attached hydrogens (tertiary/aromatic N) is 2. The number of nitroso groups, excluding NO2 is 2. The predicted octanol–water partition coefficient (Wildman–Crippen LogP) is 4.13. The SMILES string of the molecule is Cc1cccc(N=O)c1C(=N)OC(O)c1c(C)cccc1N=O. The Labute approximate surface area is 132 Å². The lowest BCUT2D eigenvalue weighted by atomic mass is 10.1. The second-order valence-electron chi connectivity index (χ2n) is 4.96. The van der Waals surface area contributed by atoms with Gasteiger partial charge in [0.15, 0.2) is 0 Å². The molecule has 0 spiro atoms. The Morgan fingerprint density at radius 1 is 1.04 bits per heavy atom. The van der Waals surface area contributed by atoms with Gasteiger partial charge in [0.2, 0.25) is 12.2 Å². The lowest BCUT2D eigenvalue weighted by Crippen LogP contribution is -2.13. The maximum atomic E-state index is 10.9. The van der Waals surface area contributed by atoms with Crippen LogP contribution in [0.5, 0.6) is 0 Å². The van der Waals surface area contributed by atoms with E-state index >= 15 is 0 Å². The Hall–Kier alpha value is -2.93. The quantitative estimate of drug-likeness (QED) is 0.374. The average molecular weight is 313 g/mol. The van der Waals surface area contributed by atoms with Crippen LogP contribution in [-0.4, -0.2) is 11.0 Å². The van der Waals surface area contributed by atoms with Crippen LogP contribution in [0.25, 0.3) is 0 Å². The highest BCUT2D eigenvalue weighted by Gasteiger charge is 2.21. The van der Waals surface area contributed by atoms with E-state index in [1.807, 2.05) is 0 Å². The van der Waals surface area contributed by atoms with Crippen LogP contribution in [0.4, 0.5) is 11.4 Å². The molecule has 118 valence electrons. The van der Waals surface area contributed by atoms with Crippen molar-refractivity contribution >= 4 is 17.3 Å². The van der Waals surface area contributed by atoms with Crippen molar-refractivity contribution in [2.45, 2.75) is 20.1 Å². The lowest BCUT2D eigenvalue weighted by molar-refractivity contribution is -0.0300. The highest BCUT2D eigenvalue weighted by Crippen LogP contribution is 2.31. The number of aryl methyl sites for hydroxylation is 2. The molecular weight excluding hydrogens is 298 g/mol. The fraction of sp³-hybridized carbons (Fsp3) is 0.188. The van der Waals surface area contributed by atoms with E-state index in [0.717, 1.165) is 0 Å². The number of aliphatic hydroxyl groups excluding tert-OH is 1. The molecule has 0 saturated carbocycles. The van der Waals surface area contributed by atoms with E-state index in [1.165, 1.54) is 12.1 Å². The van der Waals surface area contributed by atoms with E-state index in [9.17, 15) is 14.9 Å². The van der Waals surface area contributed by atoms with Crippen LogP contribution in [0.3, 0.4) is 0 Å². The zero-order valence-electron chi connectivity index (χ0n) is 12.6. The molecule has 1 atom stereocenters. The Kier molecular flexibility index (Phi) is 4.92. The molecule has 7 heteroatoms. The van der Waals surface area contributed by atoms with E-state index in [1.54, 1.807) is 38.1 Å². The minimum Gasteiger partial charge on any atom is -0.443 e. The topological polar surface area (TPSA) is 112 Å². The summed E-state index contributed by atoms with van der Waals surface area (Å²) in [6, 6.07) is 9.54. The summed E-state index contributed by atoms with van der Waals surface area (Å²) < 4.78 is 5.21. The molecule has 0 radical (unpaired) electrons. The van der Waals surface area contributed by atoms with Crippen molar-refractivity contribution in [1.29, 1.82) is 5.41 Å². The molecule has 7 nitrogen and oxygen atoms in total. The van der Waals surface area contributed by atoms with Gasteiger partial charge in [0.05, 0.1) is 11.1 Å². The summed E-state index contributed by atoms with van der Waals surface area (Å²) in [5.74, 6) is -0.412. The molecule has 0 aromatic heterocycles. The van der Waals surface area contributed by atoms with Gasteiger partial charge in [-0.1, -0.05) is 24.3 Å². The Morgan fingerprint density at radius 2 is 1.61 bits per heavy atom. The van der Waals surface area contributed by atoms with Crippen molar-refractivity contribution < 1.29 is 9.84 Å². The zero-order valence-corrected chi connectivity index (χ0v) is 12.6. The third kappa shape index (κ3) is 3.29. The molecule has 0 saturated heterocycles. The summed E-state index contributed by atoms with van der Waals surface area (Å²) in [4.78, 5) is 21.7. The van der Waals surface area contributed by atoms with Gasteiger partial charge in [-0.3, -0.25) is 5.41 Å². The van der Waals surface area contributed by atoms with Crippen LogP contribution in [-0.2, 0) is 4.74 Å². The van der Waals surface area contributed by atoms with Gasteiger partial charge in [-0.15, -0.1) is 9.81 Å². The molecule has 2 rings (SSSR count). The average Bonchev–Trinajstić information content (AvgIpc) is 2.53. The molecule has 2 aromatic rings. The van der Waals surface area contributed by atoms with Gasteiger partial charge in [0, 0.05) is 0 Å². The van der Waals surface area contributed by atoms with Crippen molar-refractivity contribution in [3.63, 3.8) is 0 Å². The highest BCUT2D eigenvalue weighted by atomic mass is 16.6. The van der Waals surface area contributed by atoms with Crippen molar-refractivity contribution in [2.24, 2.45) is 10.4 Å². The molecule has 0 aliphatic carbocycles. The first-order valence-electron chi connectivity index (χ1n) is 6.79. The number of rotatable bonds is 5. The van der Waals surface area contributed by atoms with Gasteiger partial charge in [-0.25, -0.2) is 0 Å². The molecular formula is C16H15N3O4. The van der Waals surface area contributed by atoms with E-state index < -0.39 is 12.2 Å². The summed E-state index contributed by atoms with van der Waals surface area (Å²) in [7, 11) is 0. The predicted molar refractivity (Wildman–Crippen MR) is 86.1 cm³/mol. The minimum absolute atomic E-state index is 0.0313. The van der Waals surface area contributed by atoms with Crippen LogP contribution in [0.15, 0.2) is 46.8 Å². The third-order valence-electron chi connectivity index (χ3n) is 3.45. The normalized spacial score (nSPS) is 11.6. The third-order valence-corrected chi connectivity index (χ3v) is 3.45. The number of hydrogen-bond acceptors (Lipinski definition) is 7. The minimum atomic E-state index is -1.56.